The molecule has 0 saturated carbocycles. The van der Waals surface area contributed by atoms with Crippen LogP contribution in [0.5, 0.6) is 0 Å². The van der Waals surface area contributed by atoms with Gasteiger partial charge in [-0.2, -0.15) is 0 Å². The van der Waals surface area contributed by atoms with Gasteiger partial charge >= 0.3 is 0 Å². The van der Waals surface area contributed by atoms with Crippen molar-refractivity contribution in [2.45, 2.75) is 107 Å². The third-order valence-electron chi connectivity index (χ3n) is 12.0. The molecule has 0 radical (unpaired) electrons. The zero-order chi connectivity index (χ0) is 39.0. The molecule has 0 aliphatic carbocycles. The summed E-state index contributed by atoms with van der Waals surface area (Å²) in [6.45, 7) is 18.3. The first-order valence-corrected chi connectivity index (χ1v) is 20.9. The van der Waals surface area contributed by atoms with Crippen molar-refractivity contribution in [3.05, 3.63) is 112 Å². The molecule has 5 heterocycles. The van der Waals surface area contributed by atoms with Crippen LogP contribution >= 0.6 is 0 Å². The van der Waals surface area contributed by atoms with Gasteiger partial charge in [0.25, 0.3) is 0 Å². The SMILES string of the molecule is CCC1=C(CC)c2cc3[nH]c(c(CC)c3CC)c(-c3ccc(N(C)C)cc3)c3nc(c(-c4ccccc4)c4[nH]c(cc1n2)c(CC)c4CC)C(CC)=C3CC. The maximum absolute atomic E-state index is 5.89. The van der Waals surface area contributed by atoms with Crippen molar-refractivity contribution in [3.8, 4) is 22.3 Å². The normalized spacial score (nSPS) is 13.0. The lowest BCUT2D eigenvalue weighted by atomic mass is 9.91. The molecule has 0 spiro atoms. The van der Waals surface area contributed by atoms with E-state index in [2.05, 4.69) is 151 Å². The molecule has 2 aliphatic rings. The number of nitrogens with zero attached hydrogens (tertiary/aromatic N) is 3. The summed E-state index contributed by atoms with van der Waals surface area (Å²) in [5.74, 6) is 0. The molecule has 2 N–H and O–H groups in total. The number of hydrogen-bond acceptors (Lipinski definition) is 3. The van der Waals surface area contributed by atoms with Crippen molar-refractivity contribution >= 4 is 50.0 Å². The van der Waals surface area contributed by atoms with Crippen LogP contribution in [-0.4, -0.2) is 34.0 Å². The Morgan fingerprint density at radius 3 is 1.25 bits per heavy atom. The molecule has 2 aliphatic heterocycles. The summed E-state index contributed by atoms with van der Waals surface area (Å²) in [5, 5.41) is 0. The van der Waals surface area contributed by atoms with E-state index < -0.39 is 0 Å². The van der Waals surface area contributed by atoms with E-state index in [9.17, 15) is 0 Å². The Hall–Kier alpha value is -5.16. The molecule has 2 aromatic carbocycles. The van der Waals surface area contributed by atoms with Crippen molar-refractivity contribution in [2.24, 2.45) is 0 Å². The van der Waals surface area contributed by atoms with Gasteiger partial charge in [0.2, 0.25) is 0 Å². The molecule has 8 bridgehead atoms. The second-order valence-corrected chi connectivity index (χ2v) is 15.0. The number of anilines is 1. The highest BCUT2D eigenvalue weighted by atomic mass is 15.1. The zero-order valence-electron chi connectivity index (χ0n) is 34.8. The van der Waals surface area contributed by atoms with Crippen LogP contribution in [-0.2, 0) is 25.7 Å². The van der Waals surface area contributed by atoms with E-state index in [1.165, 1.54) is 83.5 Å². The standard InChI is InChI=1S/C50H59N5/c1-11-33-34(12-2)42-29-44-36(14-4)38(16-6)48(53-44)46(31-24-26-32(27-25-31)55(9)10)50-40(18-8)39(17-7)49(54-50)45(30-22-20-19-21-23-30)47-37(15-5)35(13-3)43(52-47)28-41(33)51-42/h19-29,52-53H,11-18H2,1-10H3. The van der Waals surface area contributed by atoms with E-state index in [1.54, 1.807) is 0 Å². The number of aromatic nitrogens is 4. The number of fused-ring (bicyclic) bond motifs is 8. The summed E-state index contributed by atoms with van der Waals surface area (Å²) in [4.78, 5) is 21.7. The van der Waals surface area contributed by atoms with Gasteiger partial charge in [-0.1, -0.05) is 97.9 Å². The Bertz CT molecular complexity index is 2470. The molecule has 55 heavy (non-hydrogen) atoms. The van der Waals surface area contributed by atoms with E-state index in [0.29, 0.717) is 0 Å². The molecular weight excluding hydrogens is 671 g/mol. The fraction of sp³-hybridized carbons (Fsp3) is 0.360. The molecule has 0 amide bonds. The maximum atomic E-state index is 5.89. The number of benzene rings is 2. The number of H-pyrrole nitrogens is 2. The van der Waals surface area contributed by atoms with Gasteiger partial charge in [-0.05, 0) is 131 Å². The van der Waals surface area contributed by atoms with E-state index in [4.69, 9.17) is 9.97 Å². The van der Waals surface area contributed by atoms with Crippen LogP contribution in [0.1, 0.15) is 126 Å². The average molecular weight is 730 g/mol. The molecular formula is C50H59N5. The molecule has 0 unspecified atom stereocenters. The van der Waals surface area contributed by atoms with Crippen molar-refractivity contribution in [1.82, 2.24) is 19.9 Å². The van der Waals surface area contributed by atoms with Crippen LogP contribution < -0.4 is 4.90 Å². The molecule has 284 valence electrons. The number of aromatic amines is 2. The summed E-state index contributed by atoms with van der Waals surface area (Å²) < 4.78 is 0. The predicted molar refractivity (Wildman–Crippen MR) is 239 cm³/mol. The van der Waals surface area contributed by atoms with Crippen molar-refractivity contribution in [1.29, 1.82) is 0 Å². The Morgan fingerprint density at radius 1 is 0.455 bits per heavy atom. The minimum atomic E-state index is 0.888. The molecule has 5 aromatic rings. The van der Waals surface area contributed by atoms with Crippen LogP contribution in [0.4, 0.5) is 5.69 Å². The van der Waals surface area contributed by atoms with Crippen LogP contribution in [0, 0.1) is 0 Å². The lowest BCUT2D eigenvalue weighted by Crippen LogP contribution is -2.08. The monoisotopic (exact) mass is 729 g/mol. The van der Waals surface area contributed by atoms with Gasteiger partial charge in [0.1, 0.15) is 0 Å². The number of nitrogens with one attached hydrogen (secondary N) is 2. The Kier molecular flexibility index (Phi) is 11.0. The maximum Gasteiger partial charge on any atom is 0.0772 e. The number of allylic oxidation sites excluding steroid dienone is 4. The van der Waals surface area contributed by atoms with Gasteiger partial charge in [-0.15, -0.1) is 0 Å². The van der Waals surface area contributed by atoms with Gasteiger partial charge in [0, 0.05) is 41.9 Å². The number of hydrogen-bond donors (Lipinski definition) is 2. The Labute approximate surface area is 328 Å². The van der Waals surface area contributed by atoms with Crippen molar-refractivity contribution in [3.63, 3.8) is 0 Å². The minimum Gasteiger partial charge on any atom is -0.378 e. The van der Waals surface area contributed by atoms with Crippen LogP contribution in [0.15, 0.2) is 66.7 Å². The number of aryl methyl sites for hydroxylation is 4. The summed E-state index contributed by atoms with van der Waals surface area (Å²) in [6.07, 6.45) is 7.34. The first-order chi connectivity index (χ1) is 26.8. The third kappa shape index (κ3) is 6.46. The van der Waals surface area contributed by atoms with E-state index in [1.807, 2.05) is 0 Å². The van der Waals surface area contributed by atoms with E-state index >= 15 is 0 Å². The summed E-state index contributed by atoms with van der Waals surface area (Å²) in [7, 11) is 4.21. The van der Waals surface area contributed by atoms with Gasteiger partial charge < -0.3 is 14.9 Å². The summed E-state index contributed by atoms with van der Waals surface area (Å²) in [5.41, 5.74) is 25.7. The fourth-order valence-electron chi connectivity index (χ4n) is 9.37. The van der Waals surface area contributed by atoms with Gasteiger partial charge in [-0.3, -0.25) is 0 Å². The first kappa shape index (κ1) is 38.1. The first-order valence-electron chi connectivity index (χ1n) is 20.9. The quantitative estimate of drug-likeness (QED) is 0.142. The highest BCUT2D eigenvalue weighted by Gasteiger charge is 2.28. The highest BCUT2D eigenvalue weighted by molar-refractivity contribution is 6.06. The lowest BCUT2D eigenvalue weighted by Gasteiger charge is -2.14. The molecule has 3 aromatic heterocycles. The average Bonchev–Trinajstić information content (AvgIpc) is 3.94. The molecule has 0 saturated heterocycles. The second-order valence-electron chi connectivity index (χ2n) is 15.0. The zero-order valence-corrected chi connectivity index (χ0v) is 34.8. The van der Waals surface area contributed by atoms with Crippen molar-refractivity contribution < 1.29 is 0 Å². The molecule has 5 nitrogen and oxygen atoms in total. The highest BCUT2D eigenvalue weighted by Crippen LogP contribution is 2.46. The van der Waals surface area contributed by atoms with Gasteiger partial charge in [0.05, 0.1) is 33.8 Å². The van der Waals surface area contributed by atoms with Gasteiger partial charge in [0.15, 0.2) is 0 Å². The van der Waals surface area contributed by atoms with Crippen LogP contribution in [0.2, 0.25) is 0 Å². The smallest absolute Gasteiger partial charge is 0.0772 e. The summed E-state index contributed by atoms with van der Waals surface area (Å²) in [6, 6.07) is 24.7. The molecule has 7 rings (SSSR count). The topological polar surface area (TPSA) is 60.6 Å². The lowest BCUT2D eigenvalue weighted by molar-refractivity contribution is 1.07. The number of rotatable bonds is 11. The Morgan fingerprint density at radius 2 is 0.873 bits per heavy atom. The van der Waals surface area contributed by atoms with Crippen molar-refractivity contribution in [2.75, 3.05) is 19.0 Å². The minimum absolute atomic E-state index is 0.888. The molecule has 0 fully saturated rings. The predicted octanol–water partition coefficient (Wildman–Crippen LogP) is 13.4. The van der Waals surface area contributed by atoms with E-state index in [-0.39, 0.29) is 0 Å². The van der Waals surface area contributed by atoms with Gasteiger partial charge in [-0.25, -0.2) is 9.97 Å². The summed E-state index contributed by atoms with van der Waals surface area (Å²) >= 11 is 0. The molecule has 0 atom stereocenters. The Balaban J connectivity index is 1.83. The second kappa shape index (κ2) is 15.9. The van der Waals surface area contributed by atoms with Crippen LogP contribution in [0.3, 0.4) is 0 Å². The fourth-order valence-corrected chi connectivity index (χ4v) is 9.37. The van der Waals surface area contributed by atoms with Crippen LogP contribution in [0.25, 0.3) is 66.6 Å². The van der Waals surface area contributed by atoms with E-state index in [0.717, 1.165) is 85.2 Å². The molecule has 5 heteroatoms. The third-order valence-corrected chi connectivity index (χ3v) is 12.0. The largest absolute Gasteiger partial charge is 0.378 e.